The van der Waals surface area contributed by atoms with Gasteiger partial charge in [-0.2, -0.15) is 0 Å². The minimum Gasteiger partial charge on any atom is -0.429 e. The van der Waals surface area contributed by atoms with Crippen LogP contribution in [0.5, 0.6) is 0 Å². The van der Waals surface area contributed by atoms with Gasteiger partial charge in [-0.3, -0.25) is 0 Å². The van der Waals surface area contributed by atoms with Gasteiger partial charge in [-0.1, -0.05) is 42.5 Å². The van der Waals surface area contributed by atoms with Crippen LogP contribution in [0.15, 0.2) is 59.0 Å². The summed E-state index contributed by atoms with van der Waals surface area (Å²) in [5, 5.41) is 0. The van der Waals surface area contributed by atoms with Gasteiger partial charge < -0.3 is 9.40 Å². The van der Waals surface area contributed by atoms with Crippen molar-refractivity contribution in [3.8, 4) is 22.6 Å². The number of rotatable bonds is 2. The van der Waals surface area contributed by atoms with Crippen molar-refractivity contribution < 1.29 is 4.42 Å². The van der Waals surface area contributed by atoms with Crippen molar-refractivity contribution in [1.29, 1.82) is 0 Å². The summed E-state index contributed by atoms with van der Waals surface area (Å²) in [6.07, 6.45) is 0. The monoisotopic (exact) mass is 379 g/mol. The van der Waals surface area contributed by atoms with E-state index in [9.17, 15) is 0 Å². The van der Waals surface area contributed by atoms with E-state index in [1.165, 1.54) is 3.57 Å². The fourth-order valence-corrected chi connectivity index (χ4v) is 2.49. The zero-order valence-electron chi connectivity index (χ0n) is 9.89. The van der Waals surface area contributed by atoms with Crippen molar-refractivity contribution in [1.82, 2.24) is 4.98 Å². The second kappa shape index (κ2) is 5.30. The summed E-state index contributed by atoms with van der Waals surface area (Å²) in [6.45, 7) is 0. The molecule has 0 saturated heterocycles. The summed E-state index contributed by atoms with van der Waals surface area (Å²) >= 11 is 7.40. The van der Waals surface area contributed by atoms with Gasteiger partial charge in [0.05, 0.1) is 5.69 Å². The van der Waals surface area contributed by atoms with Crippen molar-refractivity contribution in [2.45, 2.75) is 0 Å². The van der Waals surface area contributed by atoms with E-state index in [-0.39, 0.29) is 0 Å². The Bertz CT molecular complexity index is 744. The summed E-state index contributed by atoms with van der Waals surface area (Å²) < 4.78 is 6.84. The first-order valence-corrected chi connectivity index (χ1v) is 7.27. The highest BCUT2D eigenvalue weighted by Gasteiger charge is 2.12. The van der Waals surface area contributed by atoms with Crippen LogP contribution in [0.25, 0.3) is 22.6 Å². The molecular weight excluding hydrogens is 369 g/mol. The zero-order valence-corrected chi connectivity index (χ0v) is 12.9. The van der Waals surface area contributed by atoms with Crippen LogP contribution in [0.4, 0.5) is 0 Å². The Kier molecular flexibility index (Phi) is 3.52. The van der Waals surface area contributed by atoms with Crippen LogP contribution in [-0.4, -0.2) is 4.98 Å². The van der Waals surface area contributed by atoms with Crippen molar-refractivity contribution in [2.75, 3.05) is 0 Å². The second-order valence-corrected chi connectivity index (χ2v) is 5.71. The molecule has 4 heteroatoms. The molecule has 3 rings (SSSR count). The Balaban J connectivity index is 2.17. The lowest BCUT2D eigenvalue weighted by atomic mass is 10.1. The maximum absolute atomic E-state index is 5.65. The highest BCUT2D eigenvalue weighted by Crippen LogP contribution is 2.31. The first-order valence-electron chi connectivity index (χ1n) is 5.78. The summed E-state index contributed by atoms with van der Waals surface area (Å²) in [7, 11) is 0. The topological polar surface area (TPSA) is 28.9 Å². The lowest BCUT2D eigenvalue weighted by molar-refractivity contribution is 0.554. The molecule has 0 unspecified atom stereocenters. The van der Waals surface area contributed by atoms with Gasteiger partial charge in [-0.05, 0) is 46.9 Å². The maximum Gasteiger partial charge on any atom is 0.266 e. The highest BCUT2D eigenvalue weighted by atomic mass is 127. The summed E-state index contributed by atoms with van der Waals surface area (Å²) in [6, 6.07) is 18.2. The van der Waals surface area contributed by atoms with Gasteiger partial charge in [0.2, 0.25) is 0 Å². The molecular formula is C15H10INOS. The molecule has 0 aliphatic heterocycles. The van der Waals surface area contributed by atoms with E-state index in [0.717, 1.165) is 22.6 Å². The third-order valence-electron chi connectivity index (χ3n) is 2.82. The number of nitrogens with one attached hydrogen (secondary N) is 1. The summed E-state index contributed by atoms with van der Waals surface area (Å²) in [5.41, 5.74) is 3.01. The molecule has 19 heavy (non-hydrogen) atoms. The number of oxazole rings is 1. The van der Waals surface area contributed by atoms with Crippen LogP contribution in [0, 0.1) is 8.41 Å². The maximum atomic E-state index is 5.65. The summed E-state index contributed by atoms with van der Waals surface area (Å²) in [5.74, 6) is 0.785. The van der Waals surface area contributed by atoms with Crippen LogP contribution in [0.1, 0.15) is 0 Å². The van der Waals surface area contributed by atoms with Crippen molar-refractivity contribution in [3.05, 3.63) is 63.0 Å². The van der Waals surface area contributed by atoms with E-state index < -0.39 is 0 Å². The quantitative estimate of drug-likeness (QED) is 0.485. The van der Waals surface area contributed by atoms with E-state index >= 15 is 0 Å². The molecule has 1 N–H and O–H groups in total. The molecule has 0 saturated carbocycles. The molecule has 94 valence electrons. The number of benzene rings is 2. The molecule has 0 atom stereocenters. The Morgan fingerprint density at radius 1 is 0.895 bits per heavy atom. The largest absolute Gasteiger partial charge is 0.429 e. The summed E-state index contributed by atoms with van der Waals surface area (Å²) in [4.78, 5) is 3.52. The van der Waals surface area contributed by atoms with E-state index in [0.29, 0.717) is 4.84 Å². The normalized spacial score (nSPS) is 10.6. The lowest BCUT2D eigenvalue weighted by Crippen LogP contribution is -1.82. The SMILES string of the molecule is S=c1[nH]c(-c2ccccc2)c(-c2ccc(I)cc2)o1. The second-order valence-electron chi connectivity index (χ2n) is 4.09. The third kappa shape index (κ3) is 2.64. The molecule has 1 heterocycles. The Labute approximate surface area is 129 Å². The smallest absolute Gasteiger partial charge is 0.266 e. The third-order valence-corrected chi connectivity index (χ3v) is 3.72. The molecule has 0 aliphatic carbocycles. The number of aromatic amines is 1. The van der Waals surface area contributed by atoms with E-state index in [1.54, 1.807) is 0 Å². The van der Waals surface area contributed by atoms with Crippen molar-refractivity contribution >= 4 is 34.8 Å². The van der Waals surface area contributed by atoms with Gasteiger partial charge in [0.1, 0.15) is 0 Å². The fraction of sp³-hybridized carbons (Fsp3) is 0. The predicted octanol–water partition coefficient (Wildman–Crippen LogP) is 5.28. The molecule has 0 radical (unpaired) electrons. The van der Waals surface area contributed by atoms with Crippen molar-refractivity contribution in [2.24, 2.45) is 0 Å². The van der Waals surface area contributed by atoms with Crippen LogP contribution in [-0.2, 0) is 0 Å². The van der Waals surface area contributed by atoms with Crippen LogP contribution in [0.2, 0.25) is 0 Å². The molecule has 0 amide bonds. The van der Waals surface area contributed by atoms with Gasteiger partial charge in [-0.25, -0.2) is 0 Å². The number of halogens is 1. The van der Waals surface area contributed by atoms with Crippen LogP contribution < -0.4 is 0 Å². The number of hydrogen-bond donors (Lipinski definition) is 1. The van der Waals surface area contributed by atoms with Crippen LogP contribution >= 0.6 is 34.8 Å². The Hall–Kier alpha value is -1.40. The van der Waals surface area contributed by atoms with Gasteiger partial charge in [0.15, 0.2) is 5.76 Å². The molecule has 0 aliphatic rings. The van der Waals surface area contributed by atoms with Crippen molar-refractivity contribution in [3.63, 3.8) is 0 Å². The zero-order chi connectivity index (χ0) is 13.2. The Morgan fingerprint density at radius 3 is 2.26 bits per heavy atom. The van der Waals surface area contributed by atoms with E-state index in [1.807, 2.05) is 42.5 Å². The first-order chi connectivity index (χ1) is 9.24. The number of aromatic nitrogens is 1. The van der Waals surface area contributed by atoms with Crippen LogP contribution in [0.3, 0.4) is 0 Å². The molecule has 2 nitrogen and oxygen atoms in total. The van der Waals surface area contributed by atoms with Gasteiger partial charge in [-0.15, -0.1) is 0 Å². The Morgan fingerprint density at radius 2 is 1.58 bits per heavy atom. The average Bonchev–Trinajstić information content (AvgIpc) is 2.83. The molecule has 0 bridgehead atoms. The van der Waals surface area contributed by atoms with Gasteiger partial charge >= 0.3 is 0 Å². The van der Waals surface area contributed by atoms with E-state index in [4.69, 9.17) is 16.6 Å². The van der Waals surface area contributed by atoms with Gasteiger partial charge in [0.25, 0.3) is 4.84 Å². The van der Waals surface area contributed by atoms with E-state index in [2.05, 4.69) is 39.7 Å². The molecule has 2 aromatic carbocycles. The minimum absolute atomic E-state index is 0.396. The number of H-pyrrole nitrogens is 1. The molecule has 1 aromatic heterocycles. The fourth-order valence-electron chi connectivity index (χ4n) is 1.94. The minimum atomic E-state index is 0.396. The predicted molar refractivity (Wildman–Crippen MR) is 87.5 cm³/mol. The molecule has 3 aromatic rings. The standard InChI is InChI=1S/C15H10INOS/c16-12-8-6-11(7-9-12)14-13(17-15(19)18-14)10-4-2-1-3-5-10/h1-9H,(H,17,19). The number of hydrogen-bond acceptors (Lipinski definition) is 2. The molecule has 0 spiro atoms. The highest BCUT2D eigenvalue weighted by molar-refractivity contribution is 14.1. The first kappa shape index (κ1) is 12.6. The average molecular weight is 379 g/mol. The van der Waals surface area contributed by atoms with Gasteiger partial charge in [0, 0.05) is 14.7 Å². The lowest BCUT2D eigenvalue weighted by Gasteiger charge is -2.02. The molecule has 0 fully saturated rings.